The summed E-state index contributed by atoms with van der Waals surface area (Å²) < 4.78 is 11.4. The van der Waals surface area contributed by atoms with Crippen molar-refractivity contribution in [3.8, 4) is 0 Å². The zero-order valence-corrected chi connectivity index (χ0v) is 21.9. The van der Waals surface area contributed by atoms with Gasteiger partial charge in [-0.2, -0.15) is 0 Å². The second kappa shape index (κ2) is 11.3. The Balaban J connectivity index is 1.38. The number of likely N-dealkylation sites (tertiary alicyclic amines) is 1. The van der Waals surface area contributed by atoms with Crippen LogP contribution >= 0.6 is 0 Å². The van der Waals surface area contributed by atoms with E-state index in [0.717, 1.165) is 58.3 Å². The Labute approximate surface area is 210 Å². The maximum Gasteiger partial charge on any atom is 0.410 e. The van der Waals surface area contributed by atoms with Gasteiger partial charge in [0.05, 0.1) is 12.6 Å². The molecular formula is C28H43N3O4. The minimum absolute atomic E-state index is 0.136. The average molecular weight is 486 g/mol. The van der Waals surface area contributed by atoms with Crippen molar-refractivity contribution in [3.05, 3.63) is 35.9 Å². The molecule has 2 aliphatic heterocycles. The summed E-state index contributed by atoms with van der Waals surface area (Å²) in [7, 11) is 0. The van der Waals surface area contributed by atoms with Crippen LogP contribution in [0.15, 0.2) is 30.3 Å². The maximum absolute atomic E-state index is 13.3. The molecule has 3 aliphatic rings. The predicted molar refractivity (Wildman–Crippen MR) is 136 cm³/mol. The molecule has 35 heavy (non-hydrogen) atoms. The molecule has 3 fully saturated rings. The second-order valence-electron chi connectivity index (χ2n) is 11.3. The quantitative estimate of drug-likeness (QED) is 0.623. The third-order valence-electron chi connectivity index (χ3n) is 7.53. The van der Waals surface area contributed by atoms with E-state index in [1.54, 1.807) is 0 Å². The summed E-state index contributed by atoms with van der Waals surface area (Å²) in [6.45, 7) is 12.3. The van der Waals surface area contributed by atoms with Crippen LogP contribution in [0.3, 0.4) is 0 Å². The third-order valence-corrected chi connectivity index (χ3v) is 7.53. The van der Waals surface area contributed by atoms with E-state index in [2.05, 4.69) is 29.2 Å². The Morgan fingerprint density at radius 1 is 1.03 bits per heavy atom. The first kappa shape index (κ1) is 26.0. The van der Waals surface area contributed by atoms with Crippen LogP contribution in [0.5, 0.6) is 0 Å². The number of rotatable bonds is 5. The van der Waals surface area contributed by atoms with Crippen LogP contribution in [0.2, 0.25) is 0 Å². The molecule has 0 radical (unpaired) electrons. The number of benzene rings is 1. The summed E-state index contributed by atoms with van der Waals surface area (Å²) in [6, 6.07) is 10.7. The highest BCUT2D eigenvalue weighted by atomic mass is 16.6. The van der Waals surface area contributed by atoms with Gasteiger partial charge in [-0.15, -0.1) is 0 Å². The number of piperidine rings is 1. The summed E-state index contributed by atoms with van der Waals surface area (Å²) in [4.78, 5) is 32.8. The molecule has 2 saturated heterocycles. The highest BCUT2D eigenvalue weighted by molar-refractivity contribution is 5.81. The molecule has 1 aromatic carbocycles. The summed E-state index contributed by atoms with van der Waals surface area (Å²) in [5, 5.41) is 0. The van der Waals surface area contributed by atoms with Gasteiger partial charge in [0.25, 0.3) is 0 Å². The molecule has 1 unspecified atom stereocenters. The molecule has 1 saturated carbocycles. The summed E-state index contributed by atoms with van der Waals surface area (Å²) in [5.41, 5.74) is 0.768. The summed E-state index contributed by atoms with van der Waals surface area (Å²) in [6.07, 6.45) is 4.50. The fraction of sp³-hybridized carbons (Fsp3) is 0.714. The Bertz CT molecular complexity index is 840. The zero-order valence-electron chi connectivity index (χ0n) is 21.9. The van der Waals surface area contributed by atoms with E-state index in [-0.39, 0.29) is 30.1 Å². The molecule has 7 nitrogen and oxygen atoms in total. The predicted octanol–water partition coefficient (Wildman–Crippen LogP) is 4.27. The van der Waals surface area contributed by atoms with Gasteiger partial charge in [0.15, 0.2) is 0 Å². The smallest absolute Gasteiger partial charge is 0.410 e. The van der Waals surface area contributed by atoms with Gasteiger partial charge >= 0.3 is 6.09 Å². The molecule has 7 heteroatoms. The van der Waals surface area contributed by atoms with Crippen LogP contribution in [-0.4, -0.2) is 89.8 Å². The van der Waals surface area contributed by atoms with Crippen molar-refractivity contribution in [3.63, 3.8) is 0 Å². The molecule has 2 amide bonds. The minimum atomic E-state index is -0.524. The Hall–Kier alpha value is -2.12. The molecule has 0 spiro atoms. The monoisotopic (exact) mass is 485 g/mol. The van der Waals surface area contributed by atoms with Crippen molar-refractivity contribution in [1.29, 1.82) is 0 Å². The van der Waals surface area contributed by atoms with Crippen LogP contribution < -0.4 is 0 Å². The maximum atomic E-state index is 13.3. The lowest BCUT2D eigenvalue weighted by Gasteiger charge is -2.41. The fourth-order valence-corrected chi connectivity index (χ4v) is 5.50. The van der Waals surface area contributed by atoms with E-state index in [1.807, 2.05) is 43.6 Å². The normalized spacial score (nSPS) is 25.3. The number of hydrogen-bond acceptors (Lipinski definition) is 5. The van der Waals surface area contributed by atoms with Crippen molar-refractivity contribution in [2.75, 3.05) is 39.4 Å². The first-order valence-electron chi connectivity index (χ1n) is 13.4. The van der Waals surface area contributed by atoms with Gasteiger partial charge < -0.3 is 19.3 Å². The molecule has 4 rings (SSSR count). The zero-order chi connectivity index (χ0) is 25.0. The third kappa shape index (κ3) is 6.76. The van der Waals surface area contributed by atoms with Gasteiger partial charge in [-0.05, 0) is 65.4 Å². The fourth-order valence-electron chi connectivity index (χ4n) is 5.50. The van der Waals surface area contributed by atoms with E-state index >= 15 is 0 Å². The first-order chi connectivity index (χ1) is 16.7. The Morgan fingerprint density at radius 3 is 2.43 bits per heavy atom. The molecule has 0 N–H and O–H groups in total. The van der Waals surface area contributed by atoms with Crippen molar-refractivity contribution in [1.82, 2.24) is 14.7 Å². The number of carbonyl (C=O) groups is 2. The van der Waals surface area contributed by atoms with Crippen molar-refractivity contribution < 1.29 is 19.1 Å². The molecule has 1 aromatic rings. The standard InChI is InChI=1S/C28H43N3O4/c1-21(26(32)30-14-8-9-18-34-19-17-30)29-15-12-23(13-16-29)31(27(33)35-28(2,3)4)25-20-24(25)22-10-6-5-7-11-22/h5-7,10-11,21,23-25H,8-9,12-20H2,1-4H3/t21?,24-,25+/m0/s1. The van der Waals surface area contributed by atoms with E-state index in [0.29, 0.717) is 19.1 Å². The van der Waals surface area contributed by atoms with Crippen LogP contribution in [0.25, 0.3) is 0 Å². The van der Waals surface area contributed by atoms with Gasteiger partial charge in [0.1, 0.15) is 5.60 Å². The lowest BCUT2D eigenvalue weighted by atomic mass is 10.0. The summed E-state index contributed by atoms with van der Waals surface area (Å²) in [5.74, 6) is 0.570. The highest BCUT2D eigenvalue weighted by Crippen LogP contribution is 2.46. The van der Waals surface area contributed by atoms with Gasteiger partial charge in [0, 0.05) is 50.8 Å². The Morgan fingerprint density at radius 2 is 1.74 bits per heavy atom. The van der Waals surface area contributed by atoms with Gasteiger partial charge in [0.2, 0.25) is 5.91 Å². The SMILES string of the molecule is CC(C(=O)N1CCCCOCC1)N1CCC(N(C(=O)OC(C)(C)C)[C@@H]2C[C@H]2c2ccccc2)CC1. The average Bonchev–Trinajstić information content (AvgIpc) is 3.58. The molecule has 0 aromatic heterocycles. The van der Waals surface area contributed by atoms with Gasteiger partial charge in [-0.1, -0.05) is 30.3 Å². The van der Waals surface area contributed by atoms with Crippen LogP contribution in [0.1, 0.15) is 71.3 Å². The van der Waals surface area contributed by atoms with Crippen LogP contribution in [-0.2, 0) is 14.3 Å². The molecule has 2 heterocycles. The van der Waals surface area contributed by atoms with E-state index < -0.39 is 5.60 Å². The second-order valence-corrected chi connectivity index (χ2v) is 11.3. The molecule has 3 atom stereocenters. The molecule has 194 valence electrons. The number of nitrogens with zero attached hydrogens (tertiary/aromatic N) is 3. The lowest BCUT2D eigenvalue weighted by molar-refractivity contribution is -0.138. The van der Waals surface area contributed by atoms with Gasteiger partial charge in [-0.3, -0.25) is 9.69 Å². The van der Waals surface area contributed by atoms with Crippen molar-refractivity contribution in [2.24, 2.45) is 0 Å². The first-order valence-corrected chi connectivity index (χ1v) is 13.4. The summed E-state index contributed by atoms with van der Waals surface area (Å²) >= 11 is 0. The van der Waals surface area contributed by atoms with Gasteiger partial charge in [-0.25, -0.2) is 4.79 Å². The van der Waals surface area contributed by atoms with E-state index in [9.17, 15) is 9.59 Å². The highest BCUT2D eigenvalue weighted by Gasteiger charge is 2.49. The molecular weight excluding hydrogens is 442 g/mol. The van der Waals surface area contributed by atoms with E-state index in [1.165, 1.54) is 5.56 Å². The van der Waals surface area contributed by atoms with Crippen molar-refractivity contribution >= 4 is 12.0 Å². The largest absolute Gasteiger partial charge is 0.444 e. The van der Waals surface area contributed by atoms with E-state index in [4.69, 9.17) is 9.47 Å². The van der Waals surface area contributed by atoms with Crippen molar-refractivity contribution in [2.45, 2.75) is 89.4 Å². The topological polar surface area (TPSA) is 62.3 Å². The number of amides is 2. The number of carbonyl (C=O) groups excluding carboxylic acids is 2. The number of hydrogen-bond donors (Lipinski definition) is 0. The number of ether oxygens (including phenoxy) is 2. The molecule has 0 bridgehead atoms. The Kier molecular flexibility index (Phi) is 8.38. The van der Waals surface area contributed by atoms with Crippen LogP contribution in [0, 0.1) is 0 Å². The molecule has 1 aliphatic carbocycles. The lowest BCUT2D eigenvalue weighted by Crippen LogP contribution is -2.54. The van der Waals surface area contributed by atoms with Crippen LogP contribution in [0.4, 0.5) is 4.79 Å². The minimum Gasteiger partial charge on any atom is -0.444 e.